The van der Waals surface area contributed by atoms with Crippen LogP contribution in [0.1, 0.15) is 94.4 Å². The third-order valence-corrected chi connectivity index (χ3v) is 11.7. The average molecular weight is 782 g/mol. The Morgan fingerprint density at radius 1 is 1.02 bits per heavy atom. The van der Waals surface area contributed by atoms with E-state index >= 15 is 0 Å². The maximum Gasteiger partial charge on any atom is 0.410 e. The standard InChI is InChI=1S/C43H55N7O7/c1-23(2)36(48-41(52)55-7)40(51)49-14-8-9-33(49)38-44-19-32(46-38)26-10-12-28-27(16-26)22-56-35-18-29-25(17-30(28)35)11-13-31-37(29)47-39(45-31)34-15-24(21-54-6)20-50(34)42(53)57-43(3,4)5/h10,12,16-19,23-24,33-34,36,41,48,52H,8-9,11,13-15,20-22H2,1-7H3,(H,44,46)(H,45,47)/t24-,33-,34-,36-,41?/m0/s1. The van der Waals surface area contributed by atoms with Crippen molar-refractivity contribution in [3.63, 3.8) is 0 Å². The normalized spacial score (nSPS) is 21.1. The molecule has 0 radical (unpaired) electrons. The van der Waals surface area contributed by atoms with Crippen LogP contribution in [0.3, 0.4) is 0 Å². The molecular formula is C43H55N7O7. The van der Waals surface area contributed by atoms with Gasteiger partial charge in [0.15, 0.2) is 0 Å². The monoisotopic (exact) mass is 781 g/mol. The van der Waals surface area contributed by atoms with E-state index in [1.54, 1.807) is 12.0 Å². The van der Waals surface area contributed by atoms with Gasteiger partial charge in [0.1, 0.15) is 29.6 Å². The van der Waals surface area contributed by atoms with Crippen molar-refractivity contribution in [3.8, 4) is 39.4 Å². The van der Waals surface area contributed by atoms with Crippen LogP contribution in [-0.4, -0.2) is 98.8 Å². The Bertz CT molecular complexity index is 2140. The van der Waals surface area contributed by atoms with Gasteiger partial charge in [0.2, 0.25) is 12.3 Å². The SMILES string of the molecule is COC[C@H]1C[C@@H](c2nc3c([nH]2)CCc2cc4c(cc2-3)OCc2cc(-c3cnc([C@@H]5CCCN5C(=O)[C@@H](NC(O)OC)C(C)C)[nH]3)ccc2-4)N(C(=O)OC(C)(C)C)C1. The van der Waals surface area contributed by atoms with Gasteiger partial charge in [-0.05, 0) is 99.2 Å². The number of aliphatic hydroxyl groups excluding tert-OH is 1. The number of rotatable bonds is 10. The number of aromatic nitrogens is 4. The molecule has 0 bridgehead atoms. The Morgan fingerprint density at radius 2 is 1.84 bits per heavy atom. The molecule has 4 aliphatic rings. The van der Waals surface area contributed by atoms with Crippen LogP contribution < -0.4 is 10.1 Å². The molecular weight excluding hydrogens is 727 g/mol. The van der Waals surface area contributed by atoms with Crippen LogP contribution in [0, 0.1) is 11.8 Å². The Balaban J connectivity index is 1.02. The molecule has 5 atom stereocenters. The maximum absolute atomic E-state index is 13.7. The predicted octanol–water partition coefficient (Wildman–Crippen LogP) is 6.27. The van der Waals surface area contributed by atoms with E-state index in [1.807, 2.05) is 45.7 Å². The zero-order valence-corrected chi connectivity index (χ0v) is 34.0. The molecule has 14 heteroatoms. The number of benzene rings is 2. The van der Waals surface area contributed by atoms with Gasteiger partial charge in [0.05, 0.1) is 42.3 Å². The van der Waals surface area contributed by atoms with Crippen LogP contribution in [0.15, 0.2) is 36.5 Å². The number of fused-ring (bicyclic) bond motifs is 6. The molecule has 5 heterocycles. The van der Waals surface area contributed by atoms with Crippen molar-refractivity contribution in [2.45, 2.75) is 103 Å². The molecule has 1 unspecified atom stereocenters. The third kappa shape index (κ3) is 7.67. The summed E-state index contributed by atoms with van der Waals surface area (Å²) in [6, 6.07) is 9.80. The Labute approximate surface area is 333 Å². The lowest BCUT2D eigenvalue weighted by atomic mass is 9.86. The fraction of sp³-hybridized carbons (Fsp3) is 0.535. The van der Waals surface area contributed by atoms with Crippen LogP contribution in [0.4, 0.5) is 4.79 Å². The molecule has 14 nitrogen and oxygen atoms in total. The number of aliphatic hydroxyl groups is 1. The smallest absolute Gasteiger partial charge is 0.410 e. The van der Waals surface area contributed by atoms with E-state index in [0.29, 0.717) is 26.3 Å². The molecule has 4 aromatic rings. The van der Waals surface area contributed by atoms with Gasteiger partial charge in [-0.3, -0.25) is 15.0 Å². The number of hydrogen-bond acceptors (Lipinski definition) is 10. The van der Waals surface area contributed by atoms with Crippen molar-refractivity contribution in [3.05, 3.63) is 65.0 Å². The maximum atomic E-state index is 13.7. The van der Waals surface area contributed by atoms with E-state index in [0.717, 1.165) is 94.4 Å². The molecule has 2 saturated heterocycles. The zero-order chi connectivity index (χ0) is 40.2. The first-order valence-electron chi connectivity index (χ1n) is 20.1. The second-order valence-corrected chi connectivity index (χ2v) is 17.2. The van der Waals surface area contributed by atoms with E-state index in [-0.39, 0.29) is 35.9 Å². The number of methoxy groups -OCH3 is 2. The highest BCUT2D eigenvalue weighted by Gasteiger charge is 2.41. The van der Waals surface area contributed by atoms with Crippen LogP contribution in [0.5, 0.6) is 5.75 Å². The summed E-state index contributed by atoms with van der Waals surface area (Å²) >= 11 is 0. The zero-order valence-electron chi connectivity index (χ0n) is 34.0. The first kappa shape index (κ1) is 39.1. The molecule has 2 amide bonds. The van der Waals surface area contributed by atoms with E-state index < -0.39 is 18.1 Å². The molecule has 8 rings (SSSR count). The van der Waals surface area contributed by atoms with Crippen LogP contribution in [0.25, 0.3) is 33.6 Å². The van der Waals surface area contributed by atoms with Crippen LogP contribution in [0.2, 0.25) is 0 Å². The van der Waals surface area contributed by atoms with Gasteiger partial charge in [0, 0.05) is 50.0 Å². The fourth-order valence-electron chi connectivity index (χ4n) is 8.91. The van der Waals surface area contributed by atoms with Crippen molar-refractivity contribution >= 4 is 12.0 Å². The average Bonchev–Trinajstić information content (AvgIpc) is 4.01. The topological polar surface area (TPSA) is 167 Å². The van der Waals surface area contributed by atoms with Gasteiger partial charge in [-0.1, -0.05) is 26.0 Å². The summed E-state index contributed by atoms with van der Waals surface area (Å²) in [4.78, 5) is 47.7. The summed E-state index contributed by atoms with van der Waals surface area (Å²) < 4.78 is 22.7. The highest BCUT2D eigenvalue weighted by molar-refractivity contribution is 5.84. The summed E-state index contributed by atoms with van der Waals surface area (Å²) in [7, 11) is 3.09. The predicted molar refractivity (Wildman–Crippen MR) is 213 cm³/mol. The second-order valence-electron chi connectivity index (χ2n) is 17.2. The van der Waals surface area contributed by atoms with Crippen molar-refractivity contribution in [2.75, 3.05) is 33.9 Å². The molecule has 1 aliphatic carbocycles. The molecule has 57 heavy (non-hydrogen) atoms. The van der Waals surface area contributed by atoms with Gasteiger partial charge in [-0.2, -0.15) is 0 Å². The number of likely N-dealkylation sites (tertiary alicyclic amines) is 2. The molecule has 304 valence electrons. The Morgan fingerprint density at radius 3 is 2.60 bits per heavy atom. The number of aryl methyl sites for hydroxylation is 2. The minimum Gasteiger partial charge on any atom is -0.488 e. The van der Waals surface area contributed by atoms with E-state index in [4.69, 9.17) is 28.9 Å². The molecule has 2 aromatic heterocycles. The lowest BCUT2D eigenvalue weighted by molar-refractivity contribution is -0.145. The van der Waals surface area contributed by atoms with Gasteiger partial charge >= 0.3 is 6.09 Å². The van der Waals surface area contributed by atoms with E-state index in [9.17, 15) is 14.7 Å². The molecule has 4 N–H and O–H groups in total. The Kier molecular flexibility index (Phi) is 10.7. The lowest BCUT2D eigenvalue weighted by Crippen LogP contribution is -2.52. The minimum absolute atomic E-state index is 0.0465. The highest BCUT2D eigenvalue weighted by Crippen LogP contribution is 2.46. The van der Waals surface area contributed by atoms with Gasteiger partial charge in [-0.15, -0.1) is 0 Å². The van der Waals surface area contributed by atoms with Crippen molar-refractivity contribution < 1.29 is 33.6 Å². The number of nitrogens with one attached hydrogen (secondary N) is 3. The summed E-state index contributed by atoms with van der Waals surface area (Å²) in [5.41, 5.74) is 8.82. The number of amides is 2. The molecule has 2 aromatic carbocycles. The minimum atomic E-state index is -1.22. The first-order chi connectivity index (χ1) is 27.3. The van der Waals surface area contributed by atoms with E-state index in [1.165, 1.54) is 12.7 Å². The third-order valence-electron chi connectivity index (χ3n) is 11.7. The second kappa shape index (κ2) is 15.5. The van der Waals surface area contributed by atoms with Crippen molar-refractivity contribution in [1.29, 1.82) is 0 Å². The van der Waals surface area contributed by atoms with Gasteiger partial charge in [-0.25, -0.2) is 14.8 Å². The summed E-state index contributed by atoms with van der Waals surface area (Å²) in [5, 5.41) is 13.0. The highest BCUT2D eigenvalue weighted by atomic mass is 16.6. The quantitative estimate of drug-likeness (QED) is 0.135. The summed E-state index contributed by atoms with van der Waals surface area (Å²) in [5.74, 6) is 2.42. The number of carbonyl (C=O) groups is 2. The first-order valence-corrected chi connectivity index (χ1v) is 20.1. The number of hydrogen-bond donors (Lipinski definition) is 4. The van der Waals surface area contributed by atoms with Crippen molar-refractivity contribution in [2.24, 2.45) is 11.8 Å². The fourth-order valence-corrected chi connectivity index (χ4v) is 8.91. The molecule has 0 spiro atoms. The number of carbonyl (C=O) groups excluding carboxylic acids is 2. The number of H-pyrrole nitrogens is 2. The molecule has 0 saturated carbocycles. The molecule has 2 fully saturated rings. The summed E-state index contributed by atoms with van der Waals surface area (Å²) in [6.45, 7) is 11.7. The van der Waals surface area contributed by atoms with Gasteiger partial charge in [0.25, 0.3) is 0 Å². The van der Waals surface area contributed by atoms with Crippen LogP contribution in [-0.2, 0) is 38.5 Å². The van der Waals surface area contributed by atoms with Gasteiger partial charge < -0.3 is 38.9 Å². The van der Waals surface area contributed by atoms with E-state index in [2.05, 4.69) is 45.6 Å². The number of imidazole rings is 2. The van der Waals surface area contributed by atoms with Crippen molar-refractivity contribution in [1.82, 2.24) is 35.1 Å². The summed E-state index contributed by atoms with van der Waals surface area (Å²) in [6.07, 6.45) is 4.37. The number of ether oxygens (including phenoxy) is 4. The molecule has 3 aliphatic heterocycles. The largest absolute Gasteiger partial charge is 0.488 e. The number of aromatic amines is 2. The lowest BCUT2D eigenvalue weighted by Gasteiger charge is -2.31. The number of nitrogens with zero attached hydrogens (tertiary/aromatic N) is 4. The van der Waals surface area contributed by atoms with Crippen LogP contribution >= 0.6 is 0 Å². The Hall–Kier alpha value is -4.76.